The summed E-state index contributed by atoms with van der Waals surface area (Å²) in [7, 11) is 0. The van der Waals surface area contributed by atoms with E-state index in [1.54, 1.807) is 30.8 Å². The molecule has 1 aromatic carbocycles. The molecule has 27 heavy (non-hydrogen) atoms. The van der Waals surface area contributed by atoms with Crippen LogP contribution >= 0.6 is 11.6 Å². The van der Waals surface area contributed by atoms with E-state index in [1.807, 2.05) is 13.8 Å². The summed E-state index contributed by atoms with van der Waals surface area (Å²) in [5.41, 5.74) is 1.55. The van der Waals surface area contributed by atoms with Crippen LogP contribution in [0, 0.1) is 12.7 Å². The van der Waals surface area contributed by atoms with Gasteiger partial charge in [0.15, 0.2) is 0 Å². The van der Waals surface area contributed by atoms with Gasteiger partial charge in [0, 0.05) is 17.8 Å². The Morgan fingerprint density at radius 2 is 2.07 bits per heavy atom. The highest BCUT2D eigenvalue weighted by atomic mass is 35.5. The molecule has 0 aliphatic heterocycles. The number of hydrogen-bond donors (Lipinski definition) is 1. The number of nitrogens with zero attached hydrogens (tertiary/aromatic N) is 4. The van der Waals surface area contributed by atoms with Gasteiger partial charge in [0.25, 0.3) is 5.91 Å². The van der Waals surface area contributed by atoms with Gasteiger partial charge in [-0.1, -0.05) is 16.8 Å². The Kier molecular flexibility index (Phi) is 5.27. The fourth-order valence-electron chi connectivity index (χ4n) is 2.47. The smallest absolute Gasteiger partial charge is 0.255 e. The first-order valence-electron chi connectivity index (χ1n) is 8.42. The average Bonchev–Trinajstić information content (AvgIpc) is 3.24. The quantitative estimate of drug-likeness (QED) is 0.707. The van der Waals surface area contributed by atoms with Gasteiger partial charge in [-0.05, 0) is 45.9 Å². The Hall–Kier alpha value is -2.74. The molecule has 0 fully saturated rings. The van der Waals surface area contributed by atoms with Crippen LogP contribution in [-0.2, 0) is 0 Å². The van der Waals surface area contributed by atoms with E-state index in [9.17, 15) is 9.18 Å². The predicted molar refractivity (Wildman–Crippen MR) is 97.9 cm³/mol. The second-order valence-electron chi connectivity index (χ2n) is 6.48. The Bertz CT molecular complexity index is 982. The van der Waals surface area contributed by atoms with Crippen LogP contribution in [0.3, 0.4) is 0 Å². The Labute approximate surface area is 160 Å². The van der Waals surface area contributed by atoms with Crippen LogP contribution < -0.4 is 5.32 Å². The van der Waals surface area contributed by atoms with Crippen LogP contribution in [0.4, 0.5) is 4.39 Å². The van der Waals surface area contributed by atoms with Crippen molar-refractivity contribution in [2.45, 2.75) is 39.8 Å². The third-order valence-electron chi connectivity index (χ3n) is 4.03. The summed E-state index contributed by atoms with van der Waals surface area (Å²) < 4.78 is 20.5. The highest BCUT2D eigenvalue weighted by Crippen LogP contribution is 2.23. The van der Waals surface area contributed by atoms with Gasteiger partial charge in [-0.15, -0.1) is 0 Å². The number of nitrogens with one attached hydrogen (secondary N) is 1. The molecular formula is C18H19ClFN5O2. The van der Waals surface area contributed by atoms with E-state index < -0.39 is 11.9 Å². The molecule has 0 saturated heterocycles. The first-order chi connectivity index (χ1) is 12.8. The standard InChI is InChI=1S/C18H19ClFN5O2/c1-9(2)25-8-13(10(3)23-25)17(26)21-11(4)18-22-16(24-27-18)12-5-6-14(19)15(20)7-12/h5-9,11H,1-4H3,(H,21,26)/t11-/m0/s1. The van der Waals surface area contributed by atoms with Crippen LogP contribution in [0.25, 0.3) is 11.4 Å². The van der Waals surface area contributed by atoms with Crippen molar-refractivity contribution < 1.29 is 13.7 Å². The molecule has 1 amide bonds. The Morgan fingerprint density at radius 1 is 1.33 bits per heavy atom. The Balaban J connectivity index is 1.75. The Morgan fingerprint density at radius 3 is 2.70 bits per heavy atom. The fraction of sp³-hybridized carbons (Fsp3) is 0.333. The average molecular weight is 392 g/mol. The van der Waals surface area contributed by atoms with Crippen molar-refractivity contribution in [1.29, 1.82) is 0 Å². The van der Waals surface area contributed by atoms with Gasteiger partial charge in [0.2, 0.25) is 11.7 Å². The molecule has 3 aromatic rings. The van der Waals surface area contributed by atoms with Crippen LogP contribution in [-0.4, -0.2) is 25.8 Å². The lowest BCUT2D eigenvalue weighted by Gasteiger charge is -2.08. The molecule has 0 radical (unpaired) electrons. The minimum Gasteiger partial charge on any atom is -0.340 e. The highest BCUT2D eigenvalue weighted by Gasteiger charge is 2.21. The molecule has 0 unspecified atom stereocenters. The molecule has 0 spiro atoms. The molecule has 0 saturated carbocycles. The monoisotopic (exact) mass is 391 g/mol. The van der Waals surface area contributed by atoms with Crippen LogP contribution in [0.5, 0.6) is 0 Å². The minimum atomic E-state index is -0.570. The van der Waals surface area contributed by atoms with E-state index in [4.69, 9.17) is 16.1 Å². The number of carbonyl (C=O) groups is 1. The zero-order chi connectivity index (χ0) is 19.7. The highest BCUT2D eigenvalue weighted by molar-refractivity contribution is 6.30. The SMILES string of the molecule is Cc1nn(C(C)C)cc1C(=O)N[C@@H](C)c1nc(-c2ccc(Cl)c(F)c2)no1. The number of carbonyl (C=O) groups excluding carboxylic acids is 1. The largest absolute Gasteiger partial charge is 0.340 e. The van der Waals surface area contributed by atoms with Gasteiger partial charge in [-0.2, -0.15) is 10.1 Å². The molecule has 7 nitrogen and oxygen atoms in total. The number of aryl methyl sites for hydroxylation is 1. The summed E-state index contributed by atoms with van der Waals surface area (Å²) in [6.07, 6.45) is 1.71. The first kappa shape index (κ1) is 19.0. The van der Waals surface area contributed by atoms with Gasteiger partial charge in [-0.25, -0.2) is 4.39 Å². The van der Waals surface area contributed by atoms with Gasteiger partial charge in [-0.3, -0.25) is 9.48 Å². The van der Waals surface area contributed by atoms with Crippen molar-refractivity contribution >= 4 is 17.5 Å². The van der Waals surface area contributed by atoms with Crippen LogP contribution in [0.2, 0.25) is 5.02 Å². The summed E-state index contributed by atoms with van der Waals surface area (Å²) in [6, 6.07) is 3.86. The summed E-state index contributed by atoms with van der Waals surface area (Å²) in [5, 5.41) is 11.0. The maximum absolute atomic E-state index is 13.6. The van der Waals surface area contributed by atoms with E-state index in [2.05, 4.69) is 20.6 Å². The van der Waals surface area contributed by atoms with E-state index in [1.165, 1.54) is 12.1 Å². The van der Waals surface area contributed by atoms with Gasteiger partial charge < -0.3 is 9.84 Å². The summed E-state index contributed by atoms with van der Waals surface area (Å²) in [5.74, 6) is -0.434. The zero-order valence-corrected chi connectivity index (χ0v) is 16.1. The van der Waals surface area contributed by atoms with Crippen molar-refractivity contribution in [3.05, 3.63) is 52.4 Å². The van der Waals surface area contributed by atoms with E-state index in [0.29, 0.717) is 16.8 Å². The van der Waals surface area contributed by atoms with E-state index >= 15 is 0 Å². The lowest BCUT2D eigenvalue weighted by molar-refractivity contribution is 0.0932. The van der Waals surface area contributed by atoms with E-state index in [-0.39, 0.29) is 28.7 Å². The molecule has 3 rings (SSSR count). The number of rotatable bonds is 5. The maximum atomic E-state index is 13.6. The van der Waals surface area contributed by atoms with Crippen molar-refractivity contribution in [3.63, 3.8) is 0 Å². The third-order valence-corrected chi connectivity index (χ3v) is 4.33. The molecule has 0 aliphatic rings. The van der Waals surface area contributed by atoms with Crippen molar-refractivity contribution in [2.24, 2.45) is 0 Å². The van der Waals surface area contributed by atoms with Gasteiger partial charge >= 0.3 is 0 Å². The summed E-state index contributed by atoms with van der Waals surface area (Å²) >= 11 is 5.68. The molecule has 0 aliphatic carbocycles. The van der Waals surface area contributed by atoms with Crippen molar-refractivity contribution in [2.75, 3.05) is 0 Å². The lowest BCUT2D eigenvalue weighted by Crippen LogP contribution is -2.27. The minimum absolute atomic E-state index is 0.0143. The van der Waals surface area contributed by atoms with Gasteiger partial charge in [0.05, 0.1) is 16.3 Å². The number of halogens is 2. The number of hydrogen-bond acceptors (Lipinski definition) is 5. The molecule has 2 aromatic heterocycles. The predicted octanol–water partition coefficient (Wildman–Crippen LogP) is 4.11. The first-order valence-corrected chi connectivity index (χ1v) is 8.79. The normalized spacial score (nSPS) is 12.4. The number of benzene rings is 1. The molecule has 2 heterocycles. The second kappa shape index (κ2) is 7.48. The molecule has 142 valence electrons. The topological polar surface area (TPSA) is 85.8 Å². The molecule has 1 N–H and O–H groups in total. The third kappa shape index (κ3) is 4.00. The summed E-state index contributed by atoms with van der Waals surface area (Å²) in [6.45, 7) is 7.46. The maximum Gasteiger partial charge on any atom is 0.255 e. The van der Waals surface area contributed by atoms with Crippen molar-refractivity contribution in [1.82, 2.24) is 25.2 Å². The van der Waals surface area contributed by atoms with Crippen LogP contribution in [0.1, 0.15) is 54.8 Å². The molecule has 0 bridgehead atoms. The van der Waals surface area contributed by atoms with Gasteiger partial charge in [0.1, 0.15) is 11.9 Å². The number of aromatic nitrogens is 4. The summed E-state index contributed by atoms with van der Waals surface area (Å²) in [4.78, 5) is 16.8. The van der Waals surface area contributed by atoms with Crippen molar-refractivity contribution in [3.8, 4) is 11.4 Å². The van der Waals surface area contributed by atoms with Crippen LogP contribution in [0.15, 0.2) is 28.9 Å². The lowest BCUT2D eigenvalue weighted by atomic mass is 10.2. The van der Waals surface area contributed by atoms with E-state index in [0.717, 1.165) is 0 Å². The molecular weight excluding hydrogens is 373 g/mol. The number of amides is 1. The molecule has 9 heteroatoms. The fourth-order valence-corrected chi connectivity index (χ4v) is 2.59. The second-order valence-corrected chi connectivity index (χ2v) is 6.89. The zero-order valence-electron chi connectivity index (χ0n) is 15.3. The molecule has 1 atom stereocenters.